The molecule has 5 heteroatoms. The molecule has 1 aromatic carbocycles. The number of aryl methyl sites for hydroxylation is 1. The number of hydrogen-bond acceptors (Lipinski definition) is 5. The summed E-state index contributed by atoms with van der Waals surface area (Å²) in [6.45, 7) is 1.95. The molecule has 0 aliphatic heterocycles. The first kappa shape index (κ1) is 13.1. The molecule has 2 aromatic rings. The molecule has 2 N–H and O–H groups in total. The van der Waals surface area contributed by atoms with E-state index in [4.69, 9.17) is 21.4 Å². The van der Waals surface area contributed by atoms with E-state index in [1.807, 2.05) is 25.1 Å². The van der Waals surface area contributed by atoms with Gasteiger partial charge in [0.15, 0.2) is 0 Å². The molecule has 0 radical (unpaired) electrons. The van der Waals surface area contributed by atoms with E-state index in [9.17, 15) is 0 Å². The molecule has 19 heavy (non-hydrogen) atoms. The third kappa shape index (κ3) is 2.75. The number of terminal acetylenes is 1. The lowest BCUT2D eigenvalue weighted by Crippen LogP contribution is -2.09. The minimum absolute atomic E-state index is 0.349. The molecule has 0 spiro atoms. The van der Waals surface area contributed by atoms with E-state index in [0.717, 1.165) is 16.9 Å². The van der Waals surface area contributed by atoms with Crippen LogP contribution < -0.4 is 10.5 Å². The van der Waals surface area contributed by atoms with Gasteiger partial charge in [-0.05, 0) is 30.7 Å². The maximum atomic E-state index is 5.81. The van der Waals surface area contributed by atoms with Crippen molar-refractivity contribution in [2.45, 2.75) is 19.4 Å². The van der Waals surface area contributed by atoms with Crippen LogP contribution in [0.3, 0.4) is 0 Å². The summed E-state index contributed by atoms with van der Waals surface area (Å²) in [5, 5.41) is 3.91. The van der Waals surface area contributed by atoms with Crippen LogP contribution in [0.5, 0.6) is 5.75 Å². The molecule has 0 aliphatic carbocycles. The van der Waals surface area contributed by atoms with Gasteiger partial charge in [0, 0.05) is 12.0 Å². The highest BCUT2D eigenvalue weighted by Gasteiger charge is 2.15. The molecule has 1 atom stereocenters. The zero-order valence-electron chi connectivity index (χ0n) is 10.9. The van der Waals surface area contributed by atoms with Gasteiger partial charge in [-0.1, -0.05) is 5.16 Å². The number of methoxy groups -OCH3 is 1. The standard InChI is InChI=1S/C14H15N3O2/c1-4-5-11(15)14-16-13(17-19-14)10-6-7-12(18-3)9(2)8-10/h1,6-8,11H,5,15H2,2-3H3. The summed E-state index contributed by atoms with van der Waals surface area (Å²) in [5.74, 6) is 4.13. The van der Waals surface area contributed by atoms with Gasteiger partial charge in [-0.3, -0.25) is 0 Å². The highest BCUT2D eigenvalue weighted by molar-refractivity contribution is 5.58. The lowest BCUT2D eigenvalue weighted by atomic mass is 10.1. The van der Waals surface area contributed by atoms with Gasteiger partial charge in [0.2, 0.25) is 11.7 Å². The Labute approximate surface area is 111 Å². The second-order valence-corrected chi connectivity index (χ2v) is 4.16. The second kappa shape index (κ2) is 5.55. The molecule has 0 bridgehead atoms. The molecular formula is C14H15N3O2. The second-order valence-electron chi connectivity index (χ2n) is 4.16. The van der Waals surface area contributed by atoms with Crippen molar-refractivity contribution in [2.75, 3.05) is 7.11 Å². The smallest absolute Gasteiger partial charge is 0.244 e. The Hall–Kier alpha value is -2.32. The topological polar surface area (TPSA) is 74.2 Å². The van der Waals surface area contributed by atoms with E-state index in [0.29, 0.717) is 18.1 Å². The summed E-state index contributed by atoms with van der Waals surface area (Å²) in [5.41, 5.74) is 7.66. The van der Waals surface area contributed by atoms with Crippen LogP contribution in [0.15, 0.2) is 22.7 Å². The van der Waals surface area contributed by atoms with Gasteiger partial charge in [-0.2, -0.15) is 4.98 Å². The van der Waals surface area contributed by atoms with Gasteiger partial charge < -0.3 is 15.0 Å². The zero-order valence-corrected chi connectivity index (χ0v) is 10.9. The third-order valence-electron chi connectivity index (χ3n) is 2.75. The molecular weight excluding hydrogens is 242 g/mol. The number of benzene rings is 1. The van der Waals surface area contributed by atoms with Crippen molar-refractivity contribution in [2.24, 2.45) is 5.73 Å². The molecule has 0 fully saturated rings. The summed E-state index contributed by atoms with van der Waals surface area (Å²) >= 11 is 0. The van der Waals surface area contributed by atoms with Gasteiger partial charge in [-0.25, -0.2) is 0 Å². The fourth-order valence-electron chi connectivity index (χ4n) is 1.73. The zero-order chi connectivity index (χ0) is 13.8. The maximum absolute atomic E-state index is 5.81. The summed E-state index contributed by atoms with van der Waals surface area (Å²) in [6, 6.07) is 5.24. The summed E-state index contributed by atoms with van der Waals surface area (Å²) < 4.78 is 10.3. The lowest BCUT2D eigenvalue weighted by Gasteiger charge is -2.04. The Kier molecular flexibility index (Phi) is 3.83. The van der Waals surface area contributed by atoms with Crippen molar-refractivity contribution < 1.29 is 9.26 Å². The molecule has 0 saturated carbocycles. The van der Waals surface area contributed by atoms with Gasteiger partial charge in [0.1, 0.15) is 5.75 Å². The van der Waals surface area contributed by atoms with Crippen LogP contribution in [0.25, 0.3) is 11.4 Å². The fourth-order valence-corrected chi connectivity index (χ4v) is 1.73. The number of rotatable bonds is 4. The van der Waals surface area contributed by atoms with E-state index in [2.05, 4.69) is 16.1 Å². The summed E-state index contributed by atoms with van der Waals surface area (Å²) in [6.07, 6.45) is 5.57. The minimum atomic E-state index is -0.425. The molecule has 0 saturated heterocycles. The number of nitrogens with zero attached hydrogens (tertiary/aromatic N) is 2. The number of nitrogens with two attached hydrogens (primary N) is 1. The van der Waals surface area contributed by atoms with Crippen LogP contribution in [0, 0.1) is 19.3 Å². The van der Waals surface area contributed by atoms with Crippen molar-refractivity contribution in [1.29, 1.82) is 0 Å². The maximum Gasteiger partial charge on any atom is 0.244 e. The van der Waals surface area contributed by atoms with E-state index in [1.165, 1.54) is 0 Å². The molecule has 1 heterocycles. The number of aromatic nitrogens is 2. The summed E-state index contributed by atoms with van der Waals surface area (Å²) in [7, 11) is 1.63. The first-order valence-electron chi connectivity index (χ1n) is 5.83. The minimum Gasteiger partial charge on any atom is -0.496 e. The highest BCUT2D eigenvalue weighted by Crippen LogP contribution is 2.25. The van der Waals surface area contributed by atoms with Crippen molar-refractivity contribution >= 4 is 0 Å². The Bertz CT molecular complexity index is 613. The van der Waals surface area contributed by atoms with E-state index < -0.39 is 6.04 Å². The van der Waals surface area contributed by atoms with Crippen molar-refractivity contribution in [3.63, 3.8) is 0 Å². The predicted molar refractivity (Wildman–Crippen MR) is 71.4 cm³/mol. The monoisotopic (exact) mass is 257 g/mol. The molecule has 0 amide bonds. The first-order valence-corrected chi connectivity index (χ1v) is 5.83. The Morgan fingerprint density at radius 1 is 1.53 bits per heavy atom. The van der Waals surface area contributed by atoms with Crippen LogP contribution >= 0.6 is 0 Å². The molecule has 1 aromatic heterocycles. The van der Waals surface area contributed by atoms with Gasteiger partial charge in [0.25, 0.3) is 0 Å². The normalized spacial score (nSPS) is 11.9. The van der Waals surface area contributed by atoms with Crippen LogP contribution in [0.1, 0.15) is 23.9 Å². The Morgan fingerprint density at radius 2 is 2.32 bits per heavy atom. The third-order valence-corrected chi connectivity index (χ3v) is 2.75. The van der Waals surface area contributed by atoms with E-state index in [-0.39, 0.29) is 0 Å². The molecule has 98 valence electrons. The molecule has 0 aliphatic rings. The largest absolute Gasteiger partial charge is 0.496 e. The molecule has 5 nitrogen and oxygen atoms in total. The highest BCUT2D eigenvalue weighted by atomic mass is 16.5. The Balaban J connectivity index is 2.28. The number of ether oxygens (including phenoxy) is 1. The van der Waals surface area contributed by atoms with Gasteiger partial charge in [-0.15, -0.1) is 12.3 Å². The van der Waals surface area contributed by atoms with Crippen molar-refractivity contribution in [3.05, 3.63) is 29.7 Å². The van der Waals surface area contributed by atoms with Crippen LogP contribution in [-0.4, -0.2) is 17.3 Å². The number of hydrogen-bond donors (Lipinski definition) is 1. The fraction of sp³-hybridized carbons (Fsp3) is 0.286. The van der Waals surface area contributed by atoms with E-state index >= 15 is 0 Å². The van der Waals surface area contributed by atoms with Crippen LogP contribution in [0.4, 0.5) is 0 Å². The molecule has 2 rings (SSSR count). The average molecular weight is 257 g/mol. The molecule has 1 unspecified atom stereocenters. The van der Waals surface area contributed by atoms with Crippen LogP contribution in [0.2, 0.25) is 0 Å². The Morgan fingerprint density at radius 3 is 2.95 bits per heavy atom. The lowest BCUT2D eigenvalue weighted by molar-refractivity contribution is 0.357. The average Bonchev–Trinajstić information content (AvgIpc) is 2.88. The first-order chi connectivity index (χ1) is 9.15. The predicted octanol–water partition coefficient (Wildman–Crippen LogP) is 2.08. The SMILES string of the molecule is C#CCC(N)c1nc(-c2ccc(OC)c(C)c2)no1. The van der Waals surface area contributed by atoms with Crippen molar-refractivity contribution in [3.8, 4) is 29.5 Å². The van der Waals surface area contributed by atoms with Gasteiger partial charge >= 0.3 is 0 Å². The van der Waals surface area contributed by atoms with Crippen LogP contribution in [-0.2, 0) is 0 Å². The van der Waals surface area contributed by atoms with Gasteiger partial charge in [0.05, 0.1) is 13.2 Å². The van der Waals surface area contributed by atoms with Crippen molar-refractivity contribution in [1.82, 2.24) is 10.1 Å². The summed E-state index contributed by atoms with van der Waals surface area (Å²) in [4.78, 5) is 4.26. The quantitative estimate of drug-likeness (QED) is 0.849. The van der Waals surface area contributed by atoms with E-state index in [1.54, 1.807) is 7.11 Å².